The number of carbonyl (C=O) groups is 1. The van der Waals surface area contributed by atoms with Crippen LogP contribution in [0.25, 0.3) is 0 Å². The quantitative estimate of drug-likeness (QED) is 0.707. The molecule has 0 saturated carbocycles. The normalized spacial score (nSPS) is 13.2. The van der Waals surface area contributed by atoms with Gasteiger partial charge in [0.15, 0.2) is 0 Å². The van der Waals surface area contributed by atoms with Crippen LogP contribution in [0.2, 0.25) is 5.02 Å². The van der Waals surface area contributed by atoms with Crippen molar-refractivity contribution in [2.75, 3.05) is 0 Å². The summed E-state index contributed by atoms with van der Waals surface area (Å²) in [7, 11) is -4.24. The largest absolute Gasteiger partial charge is 0.573 e. The lowest BCUT2D eigenvalue weighted by atomic mass is 10.1. The Kier molecular flexibility index (Phi) is 6.34. The zero-order chi connectivity index (χ0) is 20.2. The molecular weight excluding hydrogens is 411 g/mol. The molecule has 0 aliphatic heterocycles. The van der Waals surface area contributed by atoms with Crippen LogP contribution in [-0.4, -0.2) is 25.9 Å². The molecule has 1 atom stereocenters. The van der Waals surface area contributed by atoms with E-state index in [1.54, 1.807) is 12.1 Å². The van der Waals surface area contributed by atoms with Gasteiger partial charge >= 0.3 is 12.3 Å². The van der Waals surface area contributed by atoms with Crippen molar-refractivity contribution in [2.24, 2.45) is 0 Å². The summed E-state index contributed by atoms with van der Waals surface area (Å²) in [5.74, 6) is -1.86. The van der Waals surface area contributed by atoms with Crippen molar-refractivity contribution < 1.29 is 36.2 Å². The van der Waals surface area contributed by atoms with Crippen LogP contribution in [-0.2, 0) is 14.8 Å². The van der Waals surface area contributed by atoms with Gasteiger partial charge in [0.05, 0.1) is 17.4 Å². The average Bonchev–Trinajstić information content (AvgIpc) is 2.53. The Morgan fingerprint density at radius 1 is 1.15 bits per heavy atom. The fourth-order valence-corrected chi connectivity index (χ4v) is 3.71. The number of carboxylic acid groups (broad SMARTS) is 1. The smallest absolute Gasteiger partial charge is 0.481 e. The van der Waals surface area contributed by atoms with E-state index in [1.807, 2.05) is 0 Å². The Balaban J connectivity index is 2.28. The predicted molar refractivity (Wildman–Crippen MR) is 89.9 cm³/mol. The first-order valence-electron chi connectivity index (χ1n) is 7.32. The van der Waals surface area contributed by atoms with Crippen LogP contribution in [0.15, 0.2) is 53.4 Å². The number of halogens is 4. The highest BCUT2D eigenvalue weighted by atomic mass is 35.5. The van der Waals surface area contributed by atoms with Crippen molar-refractivity contribution in [1.29, 1.82) is 0 Å². The van der Waals surface area contributed by atoms with Crippen molar-refractivity contribution >= 4 is 27.6 Å². The summed E-state index contributed by atoms with van der Waals surface area (Å²) < 4.78 is 67.4. The Hall–Kier alpha value is -2.30. The number of nitrogens with one attached hydrogen (secondary N) is 1. The number of alkyl halides is 3. The minimum Gasteiger partial charge on any atom is -0.481 e. The lowest BCUT2D eigenvalue weighted by Gasteiger charge is -2.19. The van der Waals surface area contributed by atoms with Crippen molar-refractivity contribution in [1.82, 2.24) is 4.72 Å². The summed E-state index contributed by atoms with van der Waals surface area (Å²) in [4.78, 5) is 10.7. The average molecular weight is 424 g/mol. The van der Waals surface area contributed by atoms with Gasteiger partial charge in [0, 0.05) is 5.02 Å². The number of carboxylic acids is 1. The molecule has 146 valence electrons. The molecule has 0 saturated heterocycles. The molecule has 0 fully saturated rings. The minimum atomic E-state index is -4.91. The highest BCUT2D eigenvalue weighted by Gasteiger charge is 2.31. The van der Waals surface area contributed by atoms with Crippen LogP contribution in [0.4, 0.5) is 13.2 Å². The second-order valence-corrected chi connectivity index (χ2v) is 7.43. The number of rotatable bonds is 7. The summed E-state index contributed by atoms with van der Waals surface area (Å²) in [5.41, 5.74) is 0.252. The third-order valence-electron chi connectivity index (χ3n) is 3.32. The SMILES string of the molecule is O=C(O)CC(NS(=O)(=O)c1ccc(OC(F)(F)F)cc1)c1ccccc1Cl. The van der Waals surface area contributed by atoms with Crippen molar-refractivity contribution in [2.45, 2.75) is 23.7 Å². The van der Waals surface area contributed by atoms with Crippen LogP contribution >= 0.6 is 11.6 Å². The molecule has 0 amide bonds. The second-order valence-electron chi connectivity index (χ2n) is 5.31. The summed E-state index contributed by atoms with van der Waals surface area (Å²) in [6.45, 7) is 0. The van der Waals surface area contributed by atoms with E-state index in [1.165, 1.54) is 12.1 Å². The predicted octanol–water partition coefficient (Wildman–Crippen LogP) is 3.73. The summed E-state index contributed by atoms with van der Waals surface area (Å²) in [5, 5.41) is 9.21. The van der Waals surface area contributed by atoms with Gasteiger partial charge in [-0.1, -0.05) is 29.8 Å². The van der Waals surface area contributed by atoms with Gasteiger partial charge in [-0.05, 0) is 35.9 Å². The summed E-state index contributed by atoms with van der Waals surface area (Å²) >= 11 is 6.01. The molecule has 0 radical (unpaired) electrons. The van der Waals surface area contributed by atoms with Crippen LogP contribution in [0.5, 0.6) is 5.75 Å². The number of aliphatic carboxylic acids is 1. The first-order chi connectivity index (χ1) is 12.5. The van der Waals surface area contributed by atoms with Gasteiger partial charge in [-0.2, -0.15) is 0 Å². The minimum absolute atomic E-state index is 0.167. The molecule has 0 aromatic heterocycles. The van der Waals surface area contributed by atoms with E-state index in [0.717, 1.165) is 24.3 Å². The van der Waals surface area contributed by atoms with E-state index >= 15 is 0 Å². The maximum atomic E-state index is 12.5. The van der Waals surface area contributed by atoms with Gasteiger partial charge < -0.3 is 9.84 Å². The monoisotopic (exact) mass is 423 g/mol. The van der Waals surface area contributed by atoms with Gasteiger partial charge in [0.1, 0.15) is 5.75 Å². The van der Waals surface area contributed by atoms with E-state index in [4.69, 9.17) is 16.7 Å². The van der Waals surface area contributed by atoms with E-state index in [0.29, 0.717) is 0 Å². The Morgan fingerprint density at radius 2 is 1.74 bits per heavy atom. The van der Waals surface area contributed by atoms with Gasteiger partial charge in [-0.15, -0.1) is 13.2 Å². The lowest BCUT2D eigenvalue weighted by molar-refractivity contribution is -0.274. The Labute approximate surface area is 157 Å². The lowest BCUT2D eigenvalue weighted by Crippen LogP contribution is -2.30. The molecule has 11 heteroatoms. The van der Waals surface area contributed by atoms with Crippen LogP contribution < -0.4 is 9.46 Å². The number of benzene rings is 2. The standard InChI is InChI=1S/C16H13ClF3NO5S/c17-13-4-2-1-3-12(13)14(9-15(22)23)21-27(24,25)11-7-5-10(6-8-11)26-16(18,19)20/h1-8,14,21H,9H2,(H,22,23). The van der Waals surface area contributed by atoms with Crippen molar-refractivity contribution in [3.05, 3.63) is 59.1 Å². The maximum absolute atomic E-state index is 12.5. The molecule has 2 aromatic carbocycles. The molecular formula is C16H13ClF3NO5S. The third-order valence-corrected chi connectivity index (χ3v) is 5.16. The van der Waals surface area contributed by atoms with Gasteiger partial charge in [0.2, 0.25) is 10.0 Å². The van der Waals surface area contributed by atoms with Gasteiger partial charge in [-0.25, -0.2) is 13.1 Å². The second kappa shape index (κ2) is 8.15. The van der Waals surface area contributed by atoms with Crippen LogP contribution in [0.1, 0.15) is 18.0 Å². The van der Waals surface area contributed by atoms with Crippen molar-refractivity contribution in [3.8, 4) is 5.75 Å². The third kappa shape index (κ3) is 6.12. The molecule has 0 bridgehead atoms. The zero-order valence-corrected chi connectivity index (χ0v) is 15.0. The zero-order valence-electron chi connectivity index (χ0n) is 13.4. The topological polar surface area (TPSA) is 92.7 Å². The molecule has 0 spiro atoms. The molecule has 2 N–H and O–H groups in total. The van der Waals surface area contributed by atoms with E-state index < -0.39 is 40.6 Å². The Morgan fingerprint density at radius 3 is 2.26 bits per heavy atom. The molecule has 27 heavy (non-hydrogen) atoms. The maximum Gasteiger partial charge on any atom is 0.573 e. The molecule has 2 aromatic rings. The first kappa shape index (κ1) is 21.0. The number of hydrogen-bond acceptors (Lipinski definition) is 4. The van der Waals surface area contributed by atoms with E-state index in [9.17, 15) is 26.4 Å². The summed E-state index contributed by atoms with van der Waals surface area (Å²) in [6.07, 6.45) is -5.49. The summed E-state index contributed by atoms with van der Waals surface area (Å²) in [6, 6.07) is 8.43. The molecule has 6 nitrogen and oxygen atoms in total. The van der Waals surface area contributed by atoms with Gasteiger partial charge in [-0.3, -0.25) is 4.79 Å². The number of ether oxygens (including phenoxy) is 1. The van der Waals surface area contributed by atoms with E-state index in [-0.39, 0.29) is 15.5 Å². The highest BCUT2D eigenvalue weighted by Crippen LogP contribution is 2.28. The first-order valence-corrected chi connectivity index (χ1v) is 9.18. The van der Waals surface area contributed by atoms with E-state index in [2.05, 4.69) is 9.46 Å². The number of sulfonamides is 1. The molecule has 1 unspecified atom stereocenters. The Bertz CT molecular complexity index is 916. The van der Waals surface area contributed by atoms with Gasteiger partial charge in [0.25, 0.3) is 0 Å². The fraction of sp³-hybridized carbons (Fsp3) is 0.188. The fourth-order valence-electron chi connectivity index (χ4n) is 2.22. The number of hydrogen-bond donors (Lipinski definition) is 2. The van der Waals surface area contributed by atoms with Crippen LogP contribution in [0.3, 0.4) is 0 Å². The molecule has 0 aliphatic carbocycles. The van der Waals surface area contributed by atoms with Crippen LogP contribution in [0, 0.1) is 0 Å². The molecule has 0 heterocycles. The molecule has 0 aliphatic rings. The molecule has 2 rings (SSSR count). The van der Waals surface area contributed by atoms with Crippen molar-refractivity contribution in [3.63, 3.8) is 0 Å². The highest BCUT2D eigenvalue weighted by molar-refractivity contribution is 7.89.